The number of hydrogen-bond donors (Lipinski definition) is 3. The highest BCUT2D eigenvalue weighted by Gasteiger charge is 2.41. The Morgan fingerprint density at radius 2 is 1.95 bits per heavy atom. The molecule has 3 saturated heterocycles. The number of nitrogens with zero attached hydrogens (tertiary/aromatic N) is 5. The van der Waals surface area contributed by atoms with Crippen LogP contribution in [0, 0.1) is 0 Å². The number of aromatic amines is 1. The molecule has 2 aromatic rings. The number of ether oxygens (including phenoxy) is 1. The second-order valence-corrected chi connectivity index (χ2v) is 10.7. The van der Waals surface area contributed by atoms with E-state index in [1.54, 1.807) is 0 Å². The first-order chi connectivity index (χ1) is 18.1. The molecule has 0 bridgehead atoms. The lowest BCUT2D eigenvalue weighted by molar-refractivity contribution is -0.134. The van der Waals surface area contributed by atoms with Gasteiger partial charge in [0.15, 0.2) is 0 Å². The van der Waals surface area contributed by atoms with E-state index in [-0.39, 0.29) is 25.1 Å². The molecule has 4 heterocycles. The molecule has 10 nitrogen and oxygen atoms in total. The molecule has 2 atom stereocenters. The highest BCUT2D eigenvalue weighted by Crippen LogP contribution is 2.30. The molecule has 1 aromatic carbocycles. The number of aromatic nitrogens is 3. The van der Waals surface area contributed by atoms with Crippen molar-refractivity contribution in [2.45, 2.75) is 56.7 Å². The Morgan fingerprint density at radius 1 is 1.26 bits per heavy atom. The van der Waals surface area contributed by atoms with Crippen LogP contribution in [0.5, 0.6) is 0 Å². The van der Waals surface area contributed by atoms with Crippen LogP contribution in [0.15, 0.2) is 24.3 Å². The summed E-state index contributed by atoms with van der Waals surface area (Å²) in [6.07, 6.45) is 2.68. The fourth-order valence-electron chi connectivity index (χ4n) is 5.46. The molecule has 13 heteroatoms. The minimum Gasteiger partial charge on any atom is -0.481 e. The number of piperidine rings is 1. The SMILES string of the molecule is CC(=O)O.Nc1nc(N2CCC(N3C[C@H](CN4CCC(F)(F)C4)OC[C@@H]3Cc3ccc(Cl)cc3)CC2)n[nH]1. The van der Waals surface area contributed by atoms with Crippen molar-refractivity contribution in [3.8, 4) is 0 Å². The topological polar surface area (TPSA) is 124 Å². The van der Waals surface area contributed by atoms with E-state index in [9.17, 15) is 8.78 Å². The van der Waals surface area contributed by atoms with Gasteiger partial charge in [-0.15, -0.1) is 5.10 Å². The molecule has 4 N–H and O–H groups in total. The molecule has 3 aliphatic heterocycles. The number of morpholine rings is 1. The molecule has 0 amide bonds. The Labute approximate surface area is 226 Å². The third-order valence-corrected chi connectivity index (χ3v) is 7.46. The van der Waals surface area contributed by atoms with Crippen LogP contribution in [0.4, 0.5) is 20.7 Å². The van der Waals surface area contributed by atoms with E-state index in [0.717, 1.165) is 50.8 Å². The third kappa shape index (κ3) is 7.98. The number of halogens is 3. The maximum atomic E-state index is 13.7. The summed E-state index contributed by atoms with van der Waals surface area (Å²) in [4.78, 5) is 19.8. The number of nitrogens with one attached hydrogen (secondary N) is 1. The number of benzene rings is 1. The standard InChI is InChI=1S/C23H32ClF2N7O.C2H4O2/c24-17-3-1-16(2-4-17)11-19-14-34-20(12-31-10-7-23(25,26)15-31)13-33(19)18-5-8-32(9-6-18)22-28-21(27)29-30-22;1-2(3)4/h1-4,18-20H,5-15H2,(H3,27,28,29,30);1H3,(H,3,4)/t19-,20-;/m0./s1. The number of rotatable bonds is 6. The maximum Gasteiger partial charge on any atom is 0.300 e. The zero-order valence-electron chi connectivity index (χ0n) is 21.5. The Bertz CT molecular complexity index is 1050. The Hall–Kier alpha value is -2.54. The van der Waals surface area contributed by atoms with Crippen molar-refractivity contribution < 1.29 is 23.4 Å². The summed E-state index contributed by atoms with van der Waals surface area (Å²) in [7, 11) is 0. The van der Waals surface area contributed by atoms with Crippen LogP contribution in [-0.2, 0) is 16.0 Å². The van der Waals surface area contributed by atoms with E-state index in [1.807, 2.05) is 17.0 Å². The lowest BCUT2D eigenvalue weighted by Crippen LogP contribution is -2.58. The highest BCUT2D eigenvalue weighted by molar-refractivity contribution is 6.30. The van der Waals surface area contributed by atoms with E-state index in [1.165, 1.54) is 5.56 Å². The monoisotopic (exact) mass is 555 g/mol. The number of alkyl halides is 2. The van der Waals surface area contributed by atoms with Gasteiger partial charge in [-0.2, -0.15) is 4.98 Å². The Morgan fingerprint density at radius 3 is 2.53 bits per heavy atom. The molecule has 210 valence electrons. The van der Waals surface area contributed by atoms with Gasteiger partial charge in [0, 0.05) is 63.2 Å². The van der Waals surface area contributed by atoms with Crippen LogP contribution in [0.2, 0.25) is 5.02 Å². The molecule has 5 rings (SSSR count). The lowest BCUT2D eigenvalue weighted by Gasteiger charge is -2.47. The van der Waals surface area contributed by atoms with Crippen LogP contribution in [0.3, 0.4) is 0 Å². The maximum absolute atomic E-state index is 13.7. The molecule has 0 unspecified atom stereocenters. The summed E-state index contributed by atoms with van der Waals surface area (Å²) in [5.41, 5.74) is 6.91. The number of nitrogen functional groups attached to an aromatic ring is 1. The third-order valence-electron chi connectivity index (χ3n) is 7.21. The molecule has 0 radical (unpaired) electrons. The predicted octanol–water partition coefficient (Wildman–Crippen LogP) is 2.75. The number of likely N-dealkylation sites (tertiary alicyclic amines) is 1. The van der Waals surface area contributed by atoms with Crippen molar-refractivity contribution in [2.75, 3.05) is 56.5 Å². The van der Waals surface area contributed by atoms with Gasteiger partial charge in [-0.3, -0.25) is 14.6 Å². The number of nitrogens with two attached hydrogens (primary N) is 1. The van der Waals surface area contributed by atoms with Crippen molar-refractivity contribution in [2.24, 2.45) is 0 Å². The summed E-state index contributed by atoms with van der Waals surface area (Å²) in [5, 5.41) is 15.0. The number of carbonyl (C=O) groups is 1. The average molecular weight is 556 g/mol. The van der Waals surface area contributed by atoms with E-state index in [4.69, 9.17) is 32.0 Å². The van der Waals surface area contributed by atoms with Gasteiger partial charge in [0.05, 0.1) is 19.3 Å². The lowest BCUT2D eigenvalue weighted by atomic mass is 9.96. The molecule has 0 aliphatic carbocycles. The molecule has 38 heavy (non-hydrogen) atoms. The number of H-pyrrole nitrogens is 1. The van der Waals surface area contributed by atoms with E-state index in [2.05, 4.69) is 37.1 Å². The molecule has 1 aromatic heterocycles. The summed E-state index contributed by atoms with van der Waals surface area (Å²) >= 11 is 6.07. The van der Waals surface area contributed by atoms with Gasteiger partial charge < -0.3 is 20.5 Å². The summed E-state index contributed by atoms with van der Waals surface area (Å²) in [6, 6.07) is 8.58. The Kier molecular flexibility index (Phi) is 9.40. The summed E-state index contributed by atoms with van der Waals surface area (Å²) < 4.78 is 33.6. The number of carboxylic acid groups (broad SMARTS) is 1. The van der Waals surface area contributed by atoms with E-state index >= 15 is 0 Å². The van der Waals surface area contributed by atoms with Gasteiger partial charge in [0.1, 0.15) is 0 Å². The van der Waals surface area contributed by atoms with E-state index in [0.29, 0.717) is 37.6 Å². The van der Waals surface area contributed by atoms with Gasteiger partial charge in [0.2, 0.25) is 11.9 Å². The van der Waals surface area contributed by atoms with Crippen LogP contribution >= 0.6 is 11.6 Å². The fraction of sp³-hybridized carbons (Fsp3) is 0.640. The molecular formula is C25H36ClF2N7O3. The number of carboxylic acids is 1. The molecule has 3 aliphatic rings. The van der Waals surface area contributed by atoms with Crippen LogP contribution < -0.4 is 10.6 Å². The zero-order valence-corrected chi connectivity index (χ0v) is 22.3. The van der Waals surface area contributed by atoms with Crippen molar-refractivity contribution in [3.05, 3.63) is 34.9 Å². The molecular weight excluding hydrogens is 520 g/mol. The number of aliphatic carboxylic acids is 1. The number of anilines is 2. The second-order valence-electron chi connectivity index (χ2n) is 10.2. The second kappa shape index (κ2) is 12.5. The van der Waals surface area contributed by atoms with Gasteiger partial charge in [-0.25, -0.2) is 13.9 Å². The quantitative estimate of drug-likeness (QED) is 0.493. The summed E-state index contributed by atoms with van der Waals surface area (Å²) in [6.45, 7) is 4.92. The smallest absolute Gasteiger partial charge is 0.300 e. The van der Waals surface area contributed by atoms with Crippen molar-refractivity contribution >= 4 is 29.5 Å². The van der Waals surface area contributed by atoms with Crippen LogP contribution in [-0.4, -0.2) is 106 Å². The fourth-order valence-corrected chi connectivity index (χ4v) is 5.59. The van der Waals surface area contributed by atoms with Crippen LogP contribution in [0.25, 0.3) is 0 Å². The first-order valence-corrected chi connectivity index (χ1v) is 13.3. The van der Waals surface area contributed by atoms with Gasteiger partial charge >= 0.3 is 0 Å². The Balaban J connectivity index is 0.000000786. The minimum absolute atomic E-state index is 0.0627. The van der Waals surface area contributed by atoms with Gasteiger partial charge in [0.25, 0.3) is 11.9 Å². The number of hydrogen-bond acceptors (Lipinski definition) is 8. The first-order valence-electron chi connectivity index (χ1n) is 12.9. The average Bonchev–Trinajstić information content (AvgIpc) is 3.45. The predicted molar refractivity (Wildman–Crippen MR) is 141 cm³/mol. The van der Waals surface area contributed by atoms with Gasteiger partial charge in [-0.1, -0.05) is 23.7 Å². The zero-order chi connectivity index (χ0) is 27.3. The van der Waals surface area contributed by atoms with Crippen molar-refractivity contribution in [1.82, 2.24) is 25.0 Å². The first kappa shape index (κ1) is 28.5. The summed E-state index contributed by atoms with van der Waals surface area (Å²) in [5.74, 6) is -2.45. The van der Waals surface area contributed by atoms with Crippen molar-refractivity contribution in [1.29, 1.82) is 0 Å². The molecule has 3 fully saturated rings. The van der Waals surface area contributed by atoms with Crippen LogP contribution in [0.1, 0.15) is 31.7 Å². The van der Waals surface area contributed by atoms with E-state index < -0.39 is 11.9 Å². The molecule has 0 spiro atoms. The highest BCUT2D eigenvalue weighted by atomic mass is 35.5. The minimum atomic E-state index is -2.58. The molecule has 0 saturated carbocycles. The largest absolute Gasteiger partial charge is 0.481 e. The van der Waals surface area contributed by atoms with Crippen molar-refractivity contribution in [3.63, 3.8) is 0 Å². The normalized spacial score (nSPS) is 24.7. The van der Waals surface area contributed by atoms with Gasteiger partial charge in [-0.05, 0) is 37.0 Å².